The number of aliphatic hydroxyl groups is 1. The molecule has 39 heavy (non-hydrogen) atoms. The largest absolute Gasteiger partial charge is 0.492 e. The SMILES string of the molecule is C=C[C@@H]1C[C@@]1(NC(=O)C1CC(O/N=C2\CCOc3ccc(F)cc32)CN1C(=O)CO)C(=O)NS(=O)(=O)C1CC1. The summed E-state index contributed by atoms with van der Waals surface area (Å²) in [4.78, 5) is 45.6. The number of fused-ring (bicyclic) bond motifs is 1. The van der Waals surface area contributed by atoms with Crippen LogP contribution in [0.15, 0.2) is 36.0 Å². The molecule has 3 N–H and O–H groups in total. The first kappa shape index (κ1) is 27.1. The van der Waals surface area contributed by atoms with E-state index in [0.29, 0.717) is 42.9 Å². The maximum atomic E-state index is 13.8. The van der Waals surface area contributed by atoms with E-state index in [9.17, 15) is 32.3 Å². The van der Waals surface area contributed by atoms with Gasteiger partial charge in [-0.1, -0.05) is 11.2 Å². The van der Waals surface area contributed by atoms with Crippen LogP contribution >= 0.6 is 0 Å². The van der Waals surface area contributed by atoms with Gasteiger partial charge in [0.15, 0.2) is 0 Å². The Hall–Kier alpha value is -3.52. The van der Waals surface area contributed by atoms with E-state index in [1.165, 1.54) is 24.3 Å². The molecule has 2 saturated carbocycles. The van der Waals surface area contributed by atoms with Crippen molar-refractivity contribution in [3.05, 3.63) is 42.2 Å². The minimum absolute atomic E-state index is 0.00229. The Morgan fingerprint density at radius 1 is 1.33 bits per heavy atom. The van der Waals surface area contributed by atoms with Crippen molar-refractivity contribution in [1.29, 1.82) is 0 Å². The highest BCUT2D eigenvalue weighted by molar-refractivity contribution is 7.91. The summed E-state index contributed by atoms with van der Waals surface area (Å²) < 4.78 is 46.0. The number of sulfonamides is 1. The van der Waals surface area contributed by atoms with Gasteiger partial charge in [0, 0.05) is 24.3 Å². The number of ether oxygens (including phenoxy) is 1. The van der Waals surface area contributed by atoms with Crippen molar-refractivity contribution in [3.8, 4) is 5.75 Å². The van der Waals surface area contributed by atoms with Crippen LogP contribution in [0.5, 0.6) is 5.75 Å². The molecule has 1 aromatic carbocycles. The van der Waals surface area contributed by atoms with Crippen molar-refractivity contribution < 1.29 is 41.9 Å². The van der Waals surface area contributed by atoms with Crippen LogP contribution < -0.4 is 14.8 Å². The van der Waals surface area contributed by atoms with E-state index in [2.05, 4.69) is 21.8 Å². The summed E-state index contributed by atoms with van der Waals surface area (Å²) >= 11 is 0. The van der Waals surface area contributed by atoms with Gasteiger partial charge in [0.2, 0.25) is 21.8 Å². The van der Waals surface area contributed by atoms with Crippen LogP contribution in [0.25, 0.3) is 0 Å². The normalized spacial score (nSPS) is 28.7. The van der Waals surface area contributed by atoms with Crippen LogP contribution in [-0.2, 0) is 29.2 Å². The summed E-state index contributed by atoms with van der Waals surface area (Å²) in [5.74, 6) is -2.78. The summed E-state index contributed by atoms with van der Waals surface area (Å²) in [5.41, 5.74) is -0.623. The Morgan fingerprint density at radius 2 is 2.10 bits per heavy atom. The monoisotopic (exact) mass is 564 g/mol. The fraction of sp³-hybridized carbons (Fsp3) is 0.520. The molecule has 2 heterocycles. The van der Waals surface area contributed by atoms with Gasteiger partial charge < -0.3 is 24.9 Å². The number of nitrogens with one attached hydrogen (secondary N) is 2. The lowest BCUT2D eigenvalue weighted by molar-refractivity contribution is -0.141. The van der Waals surface area contributed by atoms with E-state index in [1.807, 2.05) is 0 Å². The van der Waals surface area contributed by atoms with E-state index in [-0.39, 0.29) is 19.4 Å². The van der Waals surface area contributed by atoms with Crippen molar-refractivity contribution in [2.45, 2.75) is 55.0 Å². The number of likely N-dealkylation sites (tertiary alicyclic amines) is 1. The number of amides is 3. The molecular formula is C25H29FN4O8S. The smallest absolute Gasteiger partial charge is 0.259 e. The van der Waals surface area contributed by atoms with Crippen molar-refractivity contribution in [2.24, 2.45) is 11.1 Å². The first-order valence-electron chi connectivity index (χ1n) is 12.6. The summed E-state index contributed by atoms with van der Waals surface area (Å²) in [6, 6.07) is 2.94. The van der Waals surface area contributed by atoms with Gasteiger partial charge >= 0.3 is 0 Å². The Morgan fingerprint density at radius 3 is 2.77 bits per heavy atom. The fourth-order valence-corrected chi connectivity index (χ4v) is 6.35. The maximum absolute atomic E-state index is 13.8. The number of nitrogens with zero attached hydrogens (tertiary/aromatic N) is 2. The van der Waals surface area contributed by atoms with Crippen LogP contribution in [0.4, 0.5) is 4.39 Å². The summed E-state index contributed by atoms with van der Waals surface area (Å²) in [5, 5.41) is 15.6. The molecule has 3 fully saturated rings. The number of hydrogen-bond donors (Lipinski definition) is 3. The quantitative estimate of drug-likeness (QED) is 0.278. The summed E-state index contributed by atoms with van der Waals surface area (Å²) in [7, 11) is -3.84. The van der Waals surface area contributed by atoms with Crippen LogP contribution in [0.2, 0.25) is 0 Å². The van der Waals surface area contributed by atoms with Gasteiger partial charge in [-0.25, -0.2) is 12.8 Å². The molecule has 4 aliphatic rings. The molecule has 1 aromatic rings. The number of carbonyl (C=O) groups excluding carboxylic acids is 3. The number of hydrogen-bond acceptors (Lipinski definition) is 9. The van der Waals surface area contributed by atoms with E-state index in [4.69, 9.17) is 9.57 Å². The zero-order chi connectivity index (χ0) is 27.9. The van der Waals surface area contributed by atoms with E-state index in [1.54, 1.807) is 0 Å². The summed E-state index contributed by atoms with van der Waals surface area (Å²) in [6.07, 6.45) is 2.16. The number of aliphatic hydroxyl groups excluding tert-OH is 1. The minimum atomic E-state index is -3.84. The Labute approximate surface area is 224 Å². The lowest BCUT2D eigenvalue weighted by atomic mass is 10.0. The molecule has 2 unspecified atom stereocenters. The molecular weight excluding hydrogens is 535 g/mol. The third-order valence-electron chi connectivity index (χ3n) is 7.43. The van der Waals surface area contributed by atoms with Crippen molar-refractivity contribution in [1.82, 2.24) is 14.9 Å². The van der Waals surface area contributed by atoms with Gasteiger partial charge in [-0.3, -0.25) is 19.1 Å². The molecule has 2 aliphatic heterocycles. The van der Waals surface area contributed by atoms with Gasteiger partial charge in [-0.05, 0) is 37.5 Å². The number of benzene rings is 1. The average molecular weight is 565 g/mol. The average Bonchev–Trinajstić information content (AvgIpc) is 3.83. The predicted octanol–water partition coefficient (Wildman–Crippen LogP) is -0.0400. The zero-order valence-corrected chi connectivity index (χ0v) is 21.8. The third kappa shape index (κ3) is 5.35. The molecule has 210 valence electrons. The molecule has 1 saturated heterocycles. The third-order valence-corrected chi connectivity index (χ3v) is 9.25. The standard InChI is InChI=1S/C25H29FN4O8S/c1-2-14-11-25(14,24(34)29-39(35,36)17-4-5-17)27-23(33)20-10-16(12-30(20)22(32)13-31)38-28-19-7-8-37-21-6-3-15(26)9-18(19)21/h2-3,6,9,14,16-17,20,31H,1,4-5,7-8,10-13H2,(H,27,33)(H,29,34)/b28-19+/t14-,16?,20?,25+/m1/s1. The number of oxime groups is 1. The van der Waals surface area contributed by atoms with Gasteiger partial charge in [-0.15, -0.1) is 6.58 Å². The topological polar surface area (TPSA) is 164 Å². The minimum Gasteiger partial charge on any atom is -0.492 e. The second kappa shape index (κ2) is 10.2. The Balaban J connectivity index is 1.30. The van der Waals surface area contributed by atoms with E-state index >= 15 is 0 Å². The highest BCUT2D eigenvalue weighted by Gasteiger charge is 2.61. The molecule has 0 bridgehead atoms. The van der Waals surface area contributed by atoms with Crippen LogP contribution in [0.3, 0.4) is 0 Å². The van der Waals surface area contributed by atoms with Crippen LogP contribution in [0, 0.1) is 11.7 Å². The first-order valence-corrected chi connectivity index (χ1v) is 14.2. The molecule has 0 radical (unpaired) electrons. The summed E-state index contributed by atoms with van der Waals surface area (Å²) in [6.45, 7) is 3.06. The van der Waals surface area contributed by atoms with Crippen LogP contribution in [0.1, 0.15) is 37.7 Å². The second-order valence-electron chi connectivity index (χ2n) is 10.1. The van der Waals surface area contributed by atoms with Gasteiger partial charge in [-0.2, -0.15) is 0 Å². The number of halogens is 1. The first-order chi connectivity index (χ1) is 18.6. The Kier molecular flexibility index (Phi) is 7.10. The molecule has 3 amide bonds. The molecule has 0 spiro atoms. The second-order valence-corrected chi connectivity index (χ2v) is 12.1. The van der Waals surface area contributed by atoms with Gasteiger partial charge in [0.05, 0.1) is 24.1 Å². The lowest BCUT2D eigenvalue weighted by Gasteiger charge is -2.26. The molecule has 14 heteroatoms. The van der Waals surface area contributed by atoms with Crippen molar-refractivity contribution >= 4 is 33.5 Å². The predicted molar refractivity (Wildman–Crippen MR) is 134 cm³/mol. The number of carbonyl (C=O) groups is 3. The molecule has 2 aliphatic carbocycles. The highest BCUT2D eigenvalue weighted by atomic mass is 32.2. The van der Waals surface area contributed by atoms with Gasteiger partial charge in [0.25, 0.3) is 5.91 Å². The van der Waals surface area contributed by atoms with Crippen molar-refractivity contribution in [2.75, 3.05) is 19.8 Å². The molecule has 12 nitrogen and oxygen atoms in total. The van der Waals surface area contributed by atoms with Crippen LogP contribution in [-0.4, -0.2) is 84.6 Å². The highest BCUT2D eigenvalue weighted by Crippen LogP contribution is 2.45. The van der Waals surface area contributed by atoms with Crippen molar-refractivity contribution in [3.63, 3.8) is 0 Å². The zero-order valence-electron chi connectivity index (χ0n) is 21.0. The van der Waals surface area contributed by atoms with Gasteiger partial charge in [0.1, 0.15) is 35.9 Å². The molecule has 0 aromatic heterocycles. The molecule has 5 rings (SSSR count). The maximum Gasteiger partial charge on any atom is 0.259 e. The number of rotatable bonds is 9. The molecule has 4 atom stereocenters. The van der Waals surface area contributed by atoms with E-state index in [0.717, 1.165) is 4.90 Å². The van der Waals surface area contributed by atoms with E-state index < -0.39 is 69.0 Å². The Bertz CT molecular complexity index is 1350. The lowest BCUT2D eigenvalue weighted by Crippen LogP contribution is -2.56. The fourth-order valence-electron chi connectivity index (χ4n) is 4.99.